The van der Waals surface area contributed by atoms with Gasteiger partial charge in [0, 0.05) is 11.6 Å². The zero-order valence-corrected chi connectivity index (χ0v) is 12.7. The van der Waals surface area contributed by atoms with Crippen LogP contribution in [0.25, 0.3) is 0 Å². The number of carbonyl (C=O) groups excluding carboxylic acids is 1. The fraction of sp³-hybridized carbons (Fsp3) is 0.118. The average molecular weight is 309 g/mol. The van der Waals surface area contributed by atoms with Gasteiger partial charge in [-0.05, 0) is 29.8 Å². The molecule has 2 rings (SSSR count). The fourth-order valence-electron chi connectivity index (χ4n) is 1.81. The number of hydrogen-bond donors (Lipinski definition) is 1. The Kier molecular flexibility index (Phi) is 5.31. The molecule has 1 N–H and O–H groups in total. The first kappa shape index (κ1) is 16.0. The molecule has 0 aliphatic rings. The Balaban J connectivity index is 2.06. The maximum atomic E-state index is 12.1. The molecule has 0 aliphatic heterocycles. The van der Waals surface area contributed by atoms with Gasteiger partial charge in [-0.25, -0.2) is 5.43 Å². The van der Waals surface area contributed by atoms with E-state index in [-0.39, 0.29) is 5.91 Å². The van der Waals surface area contributed by atoms with Crippen LogP contribution >= 0.6 is 0 Å². The second-order valence-electron chi connectivity index (χ2n) is 4.53. The third kappa shape index (κ3) is 4.32. The van der Waals surface area contributed by atoms with Crippen molar-refractivity contribution in [2.24, 2.45) is 5.10 Å². The highest BCUT2D eigenvalue weighted by molar-refractivity contribution is 5.95. The highest BCUT2D eigenvalue weighted by Crippen LogP contribution is 2.22. The van der Waals surface area contributed by atoms with Crippen LogP contribution in [0.15, 0.2) is 47.6 Å². The number of nitrogens with zero attached hydrogens (tertiary/aromatic N) is 2. The van der Waals surface area contributed by atoms with Gasteiger partial charge in [-0.1, -0.05) is 12.1 Å². The number of rotatable bonds is 5. The summed E-state index contributed by atoms with van der Waals surface area (Å²) >= 11 is 0. The Morgan fingerprint density at radius 1 is 1.13 bits per heavy atom. The number of hydrogen-bond acceptors (Lipinski definition) is 5. The van der Waals surface area contributed by atoms with Crippen LogP contribution in [0.5, 0.6) is 11.5 Å². The fourth-order valence-corrected chi connectivity index (χ4v) is 1.81. The molecule has 0 bridgehead atoms. The van der Waals surface area contributed by atoms with Crippen LogP contribution in [0.1, 0.15) is 21.5 Å². The van der Waals surface area contributed by atoms with E-state index in [1.165, 1.54) is 20.4 Å². The Morgan fingerprint density at radius 2 is 1.74 bits per heavy atom. The van der Waals surface area contributed by atoms with E-state index in [0.717, 1.165) is 5.56 Å². The number of benzene rings is 2. The van der Waals surface area contributed by atoms with Crippen LogP contribution in [0.3, 0.4) is 0 Å². The predicted octanol–water partition coefficient (Wildman–Crippen LogP) is 2.34. The maximum Gasteiger partial charge on any atom is 0.271 e. The lowest BCUT2D eigenvalue weighted by molar-refractivity contribution is 0.0954. The molecule has 0 atom stereocenters. The van der Waals surface area contributed by atoms with Gasteiger partial charge in [-0.3, -0.25) is 4.79 Å². The van der Waals surface area contributed by atoms with Gasteiger partial charge in [-0.2, -0.15) is 10.4 Å². The van der Waals surface area contributed by atoms with Gasteiger partial charge in [-0.15, -0.1) is 0 Å². The maximum absolute atomic E-state index is 12.1. The zero-order chi connectivity index (χ0) is 16.7. The van der Waals surface area contributed by atoms with Crippen molar-refractivity contribution >= 4 is 12.1 Å². The summed E-state index contributed by atoms with van der Waals surface area (Å²) in [5, 5.41) is 12.6. The van der Waals surface area contributed by atoms with Crippen LogP contribution in [0, 0.1) is 11.3 Å². The van der Waals surface area contributed by atoms with Crippen LogP contribution in [0.2, 0.25) is 0 Å². The number of hydrazone groups is 1. The van der Waals surface area contributed by atoms with Gasteiger partial charge in [0.05, 0.1) is 32.1 Å². The van der Waals surface area contributed by atoms with Crippen LogP contribution in [0.4, 0.5) is 0 Å². The highest BCUT2D eigenvalue weighted by atomic mass is 16.5. The molecular formula is C17H15N3O3. The van der Waals surface area contributed by atoms with Crippen LogP contribution in [-0.2, 0) is 0 Å². The molecule has 0 saturated carbocycles. The third-order valence-corrected chi connectivity index (χ3v) is 3.03. The van der Waals surface area contributed by atoms with Crippen LogP contribution < -0.4 is 14.9 Å². The number of methoxy groups -OCH3 is 2. The molecule has 23 heavy (non-hydrogen) atoms. The Bertz CT molecular complexity index is 739. The lowest BCUT2D eigenvalue weighted by atomic mass is 10.2. The smallest absolute Gasteiger partial charge is 0.271 e. The summed E-state index contributed by atoms with van der Waals surface area (Å²) in [6.07, 6.45) is 1.50. The molecule has 6 heteroatoms. The van der Waals surface area contributed by atoms with E-state index in [1.807, 2.05) is 6.07 Å². The van der Waals surface area contributed by atoms with E-state index in [1.54, 1.807) is 42.5 Å². The summed E-state index contributed by atoms with van der Waals surface area (Å²) in [7, 11) is 3.03. The first-order valence-electron chi connectivity index (χ1n) is 6.73. The van der Waals surface area contributed by atoms with Gasteiger partial charge < -0.3 is 9.47 Å². The summed E-state index contributed by atoms with van der Waals surface area (Å²) in [6.45, 7) is 0. The topological polar surface area (TPSA) is 83.7 Å². The number of ether oxygens (including phenoxy) is 2. The van der Waals surface area contributed by atoms with E-state index < -0.39 is 0 Å². The lowest BCUT2D eigenvalue weighted by Gasteiger charge is -2.07. The van der Waals surface area contributed by atoms with Crippen molar-refractivity contribution in [2.45, 2.75) is 0 Å². The largest absolute Gasteiger partial charge is 0.497 e. The summed E-state index contributed by atoms with van der Waals surface area (Å²) in [5.41, 5.74) is 4.14. The Morgan fingerprint density at radius 3 is 2.26 bits per heavy atom. The second kappa shape index (κ2) is 7.61. The number of carbonyl (C=O) groups is 1. The molecule has 0 unspecified atom stereocenters. The van der Waals surface area contributed by atoms with Crippen LogP contribution in [-0.4, -0.2) is 26.3 Å². The van der Waals surface area contributed by atoms with Gasteiger partial charge in [0.15, 0.2) is 0 Å². The molecule has 0 fully saturated rings. The van der Waals surface area contributed by atoms with Gasteiger partial charge in [0.2, 0.25) is 0 Å². The lowest BCUT2D eigenvalue weighted by Crippen LogP contribution is -2.17. The van der Waals surface area contributed by atoms with E-state index >= 15 is 0 Å². The minimum Gasteiger partial charge on any atom is -0.497 e. The highest BCUT2D eigenvalue weighted by Gasteiger charge is 2.08. The van der Waals surface area contributed by atoms with E-state index in [4.69, 9.17) is 14.7 Å². The molecule has 0 aromatic heterocycles. The predicted molar refractivity (Wildman–Crippen MR) is 85.8 cm³/mol. The van der Waals surface area contributed by atoms with Crippen molar-refractivity contribution in [2.75, 3.05) is 14.2 Å². The molecule has 2 aromatic carbocycles. The van der Waals surface area contributed by atoms with Crippen molar-refractivity contribution in [3.63, 3.8) is 0 Å². The summed E-state index contributed by atoms with van der Waals surface area (Å²) in [5.74, 6) is 0.656. The summed E-state index contributed by atoms with van der Waals surface area (Å²) in [6, 6.07) is 13.7. The minimum atomic E-state index is -0.382. The van der Waals surface area contributed by atoms with Crippen molar-refractivity contribution in [1.29, 1.82) is 5.26 Å². The van der Waals surface area contributed by atoms with Gasteiger partial charge in [0.1, 0.15) is 11.5 Å². The van der Waals surface area contributed by atoms with Gasteiger partial charge >= 0.3 is 0 Å². The summed E-state index contributed by atoms with van der Waals surface area (Å²) < 4.78 is 10.2. The molecule has 0 spiro atoms. The van der Waals surface area contributed by atoms with Gasteiger partial charge in [0.25, 0.3) is 5.91 Å². The van der Waals surface area contributed by atoms with E-state index in [9.17, 15) is 4.79 Å². The molecular weight excluding hydrogens is 294 g/mol. The number of nitriles is 1. The number of amides is 1. The van der Waals surface area contributed by atoms with Crippen molar-refractivity contribution < 1.29 is 14.3 Å². The summed E-state index contributed by atoms with van der Waals surface area (Å²) in [4.78, 5) is 12.1. The Hall–Kier alpha value is -3.33. The van der Waals surface area contributed by atoms with E-state index in [2.05, 4.69) is 10.5 Å². The Labute approximate surface area is 134 Å². The first-order chi connectivity index (χ1) is 11.2. The molecule has 116 valence electrons. The molecule has 0 aliphatic carbocycles. The normalized spacial score (nSPS) is 10.1. The van der Waals surface area contributed by atoms with E-state index in [0.29, 0.717) is 22.6 Å². The molecule has 2 aromatic rings. The average Bonchev–Trinajstić information content (AvgIpc) is 2.61. The molecule has 6 nitrogen and oxygen atoms in total. The molecule has 0 radical (unpaired) electrons. The standard InChI is InChI=1S/C17H15N3O3/c1-22-15-7-14(8-16(9-15)23-2)17(21)20-19-11-13-5-3-12(10-18)4-6-13/h3-9,11H,1-2H3,(H,20,21)/b19-11+. The minimum absolute atomic E-state index is 0.373. The third-order valence-electron chi connectivity index (χ3n) is 3.03. The molecule has 1 amide bonds. The first-order valence-corrected chi connectivity index (χ1v) is 6.73. The monoisotopic (exact) mass is 309 g/mol. The quantitative estimate of drug-likeness (QED) is 0.678. The molecule has 0 saturated heterocycles. The SMILES string of the molecule is COc1cc(OC)cc(C(=O)N/N=C/c2ccc(C#N)cc2)c1. The zero-order valence-electron chi connectivity index (χ0n) is 12.7. The molecule has 0 heterocycles. The number of nitrogens with one attached hydrogen (secondary N) is 1. The van der Waals surface area contributed by atoms with Crippen molar-refractivity contribution in [3.05, 3.63) is 59.2 Å². The second-order valence-corrected chi connectivity index (χ2v) is 4.53. The van der Waals surface area contributed by atoms with Crippen molar-refractivity contribution in [1.82, 2.24) is 5.43 Å². The van der Waals surface area contributed by atoms with Crippen molar-refractivity contribution in [3.8, 4) is 17.6 Å².